The maximum absolute atomic E-state index is 11.5. The molecule has 2 aromatic carbocycles. The zero-order valence-electron chi connectivity index (χ0n) is 17.6. The van der Waals surface area contributed by atoms with Gasteiger partial charge in [-0.05, 0) is 61.4 Å². The normalized spacial score (nSPS) is 14.3. The van der Waals surface area contributed by atoms with Crippen molar-refractivity contribution in [1.82, 2.24) is 15.2 Å². The Morgan fingerprint density at radius 3 is 1.87 bits per heavy atom. The summed E-state index contributed by atoms with van der Waals surface area (Å²) in [5.41, 5.74) is 8.68. The summed E-state index contributed by atoms with van der Waals surface area (Å²) in [6, 6.07) is 15.4. The fourth-order valence-electron chi connectivity index (χ4n) is 3.71. The molecule has 1 fully saturated rings. The van der Waals surface area contributed by atoms with Gasteiger partial charge in [-0.3, -0.25) is 4.79 Å². The van der Waals surface area contributed by atoms with Crippen LogP contribution in [-0.4, -0.2) is 48.4 Å². The molecule has 1 saturated heterocycles. The molecule has 2 heterocycles. The molecule has 2 N–H and O–H groups in total. The Morgan fingerprint density at radius 1 is 0.871 bits per heavy atom. The Morgan fingerprint density at radius 2 is 1.39 bits per heavy atom. The minimum atomic E-state index is -0.243. The van der Waals surface area contributed by atoms with Gasteiger partial charge in [0.05, 0.1) is 14.2 Å². The summed E-state index contributed by atoms with van der Waals surface area (Å²) in [6.45, 7) is 1.33. The SMILES string of the molecule is COc1ccc(-c2nnc(N3CCC(C(N)=O)CC3)nc2-c2ccc(OC)cc2)cc1. The van der Waals surface area contributed by atoms with Crippen molar-refractivity contribution in [3.8, 4) is 34.0 Å². The smallest absolute Gasteiger partial charge is 0.245 e. The number of nitrogens with zero attached hydrogens (tertiary/aromatic N) is 4. The van der Waals surface area contributed by atoms with E-state index >= 15 is 0 Å². The highest BCUT2D eigenvalue weighted by Crippen LogP contribution is 2.32. The van der Waals surface area contributed by atoms with Crippen molar-refractivity contribution in [2.75, 3.05) is 32.2 Å². The molecule has 8 nitrogen and oxygen atoms in total. The van der Waals surface area contributed by atoms with Crippen LogP contribution in [0.2, 0.25) is 0 Å². The zero-order valence-corrected chi connectivity index (χ0v) is 17.6. The maximum atomic E-state index is 11.5. The molecule has 0 unspecified atom stereocenters. The Bertz CT molecular complexity index is 1050. The molecule has 0 bridgehead atoms. The molecule has 1 amide bonds. The molecule has 31 heavy (non-hydrogen) atoms. The van der Waals surface area contributed by atoms with Crippen LogP contribution in [0.3, 0.4) is 0 Å². The lowest BCUT2D eigenvalue weighted by Crippen LogP contribution is -2.39. The van der Waals surface area contributed by atoms with Crippen molar-refractivity contribution < 1.29 is 14.3 Å². The first-order valence-electron chi connectivity index (χ1n) is 10.2. The maximum Gasteiger partial charge on any atom is 0.245 e. The zero-order chi connectivity index (χ0) is 21.8. The molecule has 1 aliphatic heterocycles. The van der Waals surface area contributed by atoms with E-state index in [1.807, 2.05) is 48.5 Å². The lowest BCUT2D eigenvalue weighted by molar-refractivity contribution is -0.122. The molecule has 0 spiro atoms. The van der Waals surface area contributed by atoms with Crippen LogP contribution in [0.4, 0.5) is 5.95 Å². The number of hydrogen-bond acceptors (Lipinski definition) is 7. The third-order valence-electron chi connectivity index (χ3n) is 5.58. The number of carbonyl (C=O) groups excluding carboxylic acids is 1. The van der Waals surface area contributed by atoms with Crippen molar-refractivity contribution in [2.24, 2.45) is 11.7 Å². The van der Waals surface area contributed by atoms with E-state index in [0.29, 0.717) is 37.6 Å². The fourth-order valence-corrected chi connectivity index (χ4v) is 3.71. The molecule has 160 valence electrons. The van der Waals surface area contributed by atoms with E-state index in [2.05, 4.69) is 15.1 Å². The lowest BCUT2D eigenvalue weighted by Gasteiger charge is -2.30. The molecular weight excluding hydrogens is 394 g/mol. The van der Waals surface area contributed by atoms with E-state index in [9.17, 15) is 4.79 Å². The quantitative estimate of drug-likeness (QED) is 0.655. The summed E-state index contributed by atoms with van der Waals surface area (Å²) in [5, 5.41) is 8.94. The molecule has 8 heteroatoms. The van der Waals surface area contributed by atoms with Crippen LogP contribution in [-0.2, 0) is 4.79 Å². The average Bonchev–Trinajstić information content (AvgIpc) is 2.84. The number of amides is 1. The first kappa shape index (κ1) is 20.6. The Hall–Kier alpha value is -3.68. The van der Waals surface area contributed by atoms with Crippen LogP contribution in [0.25, 0.3) is 22.5 Å². The number of piperidine rings is 1. The van der Waals surface area contributed by atoms with Crippen molar-refractivity contribution in [3.05, 3.63) is 48.5 Å². The first-order valence-corrected chi connectivity index (χ1v) is 10.2. The van der Waals surface area contributed by atoms with Gasteiger partial charge in [-0.15, -0.1) is 10.2 Å². The van der Waals surface area contributed by atoms with E-state index < -0.39 is 0 Å². The second kappa shape index (κ2) is 8.99. The third kappa shape index (κ3) is 4.42. The van der Waals surface area contributed by atoms with Gasteiger partial charge in [0.25, 0.3) is 0 Å². The summed E-state index contributed by atoms with van der Waals surface area (Å²) in [4.78, 5) is 18.4. The van der Waals surface area contributed by atoms with Crippen molar-refractivity contribution in [2.45, 2.75) is 12.8 Å². The minimum Gasteiger partial charge on any atom is -0.497 e. The number of hydrogen-bond donors (Lipinski definition) is 1. The number of rotatable bonds is 6. The molecule has 0 atom stereocenters. The summed E-state index contributed by atoms with van der Waals surface area (Å²) >= 11 is 0. The standard InChI is InChI=1S/C23H25N5O3/c1-30-18-7-3-15(4-8-18)20-21(16-5-9-19(31-2)10-6-16)26-27-23(25-20)28-13-11-17(12-14-28)22(24)29/h3-10,17H,11-14H2,1-2H3,(H2,24,29). The van der Waals surface area contributed by atoms with Gasteiger partial charge < -0.3 is 20.1 Å². The summed E-state index contributed by atoms with van der Waals surface area (Å²) < 4.78 is 10.5. The molecular formula is C23H25N5O3. The molecule has 1 aliphatic rings. The largest absolute Gasteiger partial charge is 0.497 e. The molecule has 1 aromatic heterocycles. The molecule has 4 rings (SSSR count). The van der Waals surface area contributed by atoms with E-state index in [4.69, 9.17) is 20.2 Å². The number of ether oxygens (including phenoxy) is 2. The van der Waals surface area contributed by atoms with Gasteiger partial charge in [0.15, 0.2) is 0 Å². The summed E-state index contributed by atoms with van der Waals surface area (Å²) in [7, 11) is 3.27. The van der Waals surface area contributed by atoms with Gasteiger partial charge in [-0.25, -0.2) is 4.98 Å². The first-order chi connectivity index (χ1) is 15.1. The predicted molar refractivity (Wildman–Crippen MR) is 118 cm³/mol. The average molecular weight is 419 g/mol. The molecule has 0 saturated carbocycles. The number of primary amides is 1. The van der Waals surface area contributed by atoms with E-state index in [-0.39, 0.29) is 11.8 Å². The minimum absolute atomic E-state index is 0.0937. The highest BCUT2D eigenvalue weighted by Gasteiger charge is 2.25. The predicted octanol–water partition coefficient (Wildman–Crippen LogP) is 2.92. The molecule has 3 aromatic rings. The van der Waals surface area contributed by atoms with Crippen LogP contribution < -0.4 is 20.1 Å². The van der Waals surface area contributed by atoms with E-state index in [1.54, 1.807) is 14.2 Å². The second-order valence-corrected chi connectivity index (χ2v) is 7.43. The highest BCUT2D eigenvalue weighted by atomic mass is 16.5. The molecule has 0 aliphatic carbocycles. The monoisotopic (exact) mass is 419 g/mol. The second-order valence-electron chi connectivity index (χ2n) is 7.43. The van der Waals surface area contributed by atoms with Crippen molar-refractivity contribution in [1.29, 1.82) is 0 Å². The number of nitrogens with two attached hydrogens (primary N) is 1. The van der Waals surface area contributed by atoms with Crippen LogP contribution in [0.1, 0.15) is 12.8 Å². The van der Waals surface area contributed by atoms with Crippen molar-refractivity contribution >= 4 is 11.9 Å². The van der Waals surface area contributed by atoms with E-state index in [0.717, 1.165) is 28.3 Å². The number of carbonyl (C=O) groups is 1. The van der Waals surface area contributed by atoms with E-state index in [1.165, 1.54) is 0 Å². The van der Waals surface area contributed by atoms with Crippen LogP contribution in [0, 0.1) is 5.92 Å². The van der Waals surface area contributed by atoms with Gasteiger partial charge in [0.1, 0.15) is 22.9 Å². The topological polar surface area (TPSA) is 103 Å². The fraction of sp³-hybridized carbons (Fsp3) is 0.304. The lowest BCUT2D eigenvalue weighted by atomic mass is 9.96. The van der Waals surface area contributed by atoms with Crippen LogP contribution in [0.5, 0.6) is 11.5 Å². The number of anilines is 1. The van der Waals surface area contributed by atoms with Crippen molar-refractivity contribution in [3.63, 3.8) is 0 Å². The summed E-state index contributed by atoms with van der Waals surface area (Å²) in [6.07, 6.45) is 1.38. The Balaban J connectivity index is 1.71. The van der Waals surface area contributed by atoms with Crippen LogP contribution >= 0.6 is 0 Å². The summed E-state index contributed by atoms with van der Waals surface area (Å²) in [5.74, 6) is 1.75. The van der Waals surface area contributed by atoms with Gasteiger partial charge >= 0.3 is 0 Å². The third-order valence-corrected chi connectivity index (χ3v) is 5.58. The van der Waals surface area contributed by atoms with Crippen LogP contribution in [0.15, 0.2) is 48.5 Å². The number of methoxy groups -OCH3 is 2. The van der Waals surface area contributed by atoms with Gasteiger partial charge in [0, 0.05) is 30.1 Å². The van der Waals surface area contributed by atoms with Gasteiger partial charge in [-0.1, -0.05) is 0 Å². The Kier molecular flexibility index (Phi) is 5.97. The van der Waals surface area contributed by atoms with Gasteiger partial charge in [0.2, 0.25) is 11.9 Å². The van der Waals surface area contributed by atoms with Gasteiger partial charge in [-0.2, -0.15) is 0 Å². The molecule has 0 radical (unpaired) electrons. The Labute approximate surface area is 181 Å². The number of aromatic nitrogens is 3. The highest BCUT2D eigenvalue weighted by molar-refractivity contribution is 5.79. The number of benzene rings is 2.